The highest BCUT2D eigenvalue weighted by molar-refractivity contribution is 5.73. The van der Waals surface area contributed by atoms with Gasteiger partial charge in [-0.05, 0) is 38.6 Å². The van der Waals surface area contributed by atoms with Crippen LogP contribution in [0.2, 0.25) is 0 Å². The van der Waals surface area contributed by atoms with Crippen LogP contribution in [0.5, 0.6) is 0 Å². The largest absolute Gasteiger partial charge is 0.370 e. The summed E-state index contributed by atoms with van der Waals surface area (Å²) in [6, 6.07) is 0.672. The second-order valence-electron chi connectivity index (χ2n) is 4.61. The maximum Gasteiger partial charge on any atom is 0.218 e. The molecule has 0 bridgehead atoms. The highest BCUT2D eigenvalue weighted by atomic mass is 16.1. The number of hydrogen-bond donors (Lipinski definition) is 1. The third-order valence-electron chi connectivity index (χ3n) is 3.32. The molecule has 0 spiro atoms. The van der Waals surface area contributed by atoms with Crippen LogP contribution in [0, 0.1) is 5.92 Å². The molecule has 0 atom stereocenters. The van der Waals surface area contributed by atoms with E-state index in [1.165, 1.54) is 25.7 Å². The lowest BCUT2D eigenvalue weighted by atomic mass is 9.87. The number of primary amides is 1. The van der Waals surface area contributed by atoms with E-state index in [0.29, 0.717) is 12.5 Å². The van der Waals surface area contributed by atoms with Gasteiger partial charge in [0.15, 0.2) is 0 Å². The molecule has 0 unspecified atom stereocenters. The average molecular weight is 198 g/mol. The van der Waals surface area contributed by atoms with Crippen LogP contribution < -0.4 is 5.73 Å². The standard InChI is InChI=1S/C11H22N2O/c1-9-3-5-10(6-4-9)13(2)8-7-11(12)14/h9-10H,3-8H2,1-2H3,(H2,12,14). The van der Waals surface area contributed by atoms with Crippen molar-refractivity contribution in [3.8, 4) is 0 Å². The first kappa shape index (κ1) is 11.5. The highest BCUT2D eigenvalue weighted by Gasteiger charge is 2.21. The van der Waals surface area contributed by atoms with Crippen molar-refractivity contribution in [3.63, 3.8) is 0 Å². The van der Waals surface area contributed by atoms with E-state index in [2.05, 4.69) is 18.9 Å². The molecule has 0 radical (unpaired) electrons. The fraction of sp³-hybridized carbons (Fsp3) is 0.909. The topological polar surface area (TPSA) is 46.3 Å². The van der Waals surface area contributed by atoms with Crippen molar-refractivity contribution >= 4 is 5.91 Å². The first-order chi connectivity index (χ1) is 6.59. The van der Waals surface area contributed by atoms with E-state index in [9.17, 15) is 4.79 Å². The molecule has 14 heavy (non-hydrogen) atoms. The minimum absolute atomic E-state index is 0.193. The molecule has 82 valence electrons. The summed E-state index contributed by atoms with van der Waals surface area (Å²) in [4.78, 5) is 12.9. The van der Waals surface area contributed by atoms with Gasteiger partial charge in [-0.1, -0.05) is 6.92 Å². The Kier molecular flexibility index (Phi) is 4.39. The summed E-state index contributed by atoms with van der Waals surface area (Å²) < 4.78 is 0. The van der Waals surface area contributed by atoms with Crippen molar-refractivity contribution in [1.82, 2.24) is 4.90 Å². The second kappa shape index (κ2) is 5.35. The molecule has 1 rings (SSSR count). The van der Waals surface area contributed by atoms with Gasteiger partial charge in [0.05, 0.1) is 0 Å². The van der Waals surface area contributed by atoms with Crippen molar-refractivity contribution in [1.29, 1.82) is 0 Å². The molecule has 1 saturated carbocycles. The number of nitrogens with zero attached hydrogens (tertiary/aromatic N) is 1. The van der Waals surface area contributed by atoms with Crippen LogP contribution in [-0.4, -0.2) is 30.4 Å². The summed E-state index contributed by atoms with van der Waals surface area (Å²) in [6.45, 7) is 3.13. The monoisotopic (exact) mass is 198 g/mol. The van der Waals surface area contributed by atoms with Crippen molar-refractivity contribution < 1.29 is 4.79 Å². The fourth-order valence-corrected chi connectivity index (χ4v) is 2.15. The van der Waals surface area contributed by atoms with Gasteiger partial charge in [-0.15, -0.1) is 0 Å². The van der Waals surface area contributed by atoms with Crippen LogP contribution in [0.1, 0.15) is 39.0 Å². The summed E-state index contributed by atoms with van der Waals surface area (Å²) in [5, 5.41) is 0. The second-order valence-corrected chi connectivity index (χ2v) is 4.61. The van der Waals surface area contributed by atoms with E-state index in [4.69, 9.17) is 5.73 Å². The summed E-state index contributed by atoms with van der Waals surface area (Å²) in [5.41, 5.74) is 5.13. The lowest BCUT2D eigenvalue weighted by Gasteiger charge is -2.33. The molecule has 0 heterocycles. The quantitative estimate of drug-likeness (QED) is 0.741. The Hall–Kier alpha value is -0.570. The Morgan fingerprint density at radius 3 is 2.43 bits per heavy atom. The zero-order valence-corrected chi connectivity index (χ0v) is 9.33. The first-order valence-electron chi connectivity index (χ1n) is 5.58. The van der Waals surface area contributed by atoms with E-state index in [1.54, 1.807) is 0 Å². The number of rotatable bonds is 4. The number of carbonyl (C=O) groups is 1. The van der Waals surface area contributed by atoms with E-state index in [0.717, 1.165) is 12.5 Å². The van der Waals surface area contributed by atoms with Crippen molar-refractivity contribution in [2.45, 2.75) is 45.1 Å². The maximum absolute atomic E-state index is 10.6. The van der Waals surface area contributed by atoms with Crippen LogP contribution in [0.3, 0.4) is 0 Å². The van der Waals surface area contributed by atoms with E-state index >= 15 is 0 Å². The summed E-state index contributed by atoms with van der Waals surface area (Å²) in [6.07, 6.45) is 5.69. The first-order valence-corrected chi connectivity index (χ1v) is 5.58. The van der Waals surface area contributed by atoms with Gasteiger partial charge in [-0.2, -0.15) is 0 Å². The minimum Gasteiger partial charge on any atom is -0.370 e. The third-order valence-corrected chi connectivity index (χ3v) is 3.32. The molecule has 2 N–H and O–H groups in total. The SMILES string of the molecule is CC1CCC(N(C)CCC(N)=O)CC1. The third kappa shape index (κ3) is 3.66. The zero-order chi connectivity index (χ0) is 10.6. The van der Waals surface area contributed by atoms with Gasteiger partial charge >= 0.3 is 0 Å². The molecule has 1 aliphatic rings. The number of carbonyl (C=O) groups excluding carboxylic acids is 1. The van der Waals surface area contributed by atoms with Gasteiger partial charge in [0.2, 0.25) is 5.91 Å². The molecule has 0 aromatic carbocycles. The van der Waals surface area contributed by atoms with Crippen molar-refractivity contribution in [3.05, 3.63) is 0 Å². The van der Waals surface area contributed by atoms with Crippen LogP contribution in [0.4, 0.5) is 0 Å². The minimum atomic E-state index is -0.193. The summed E-state index contributed by atoms with van der Waals surface area (Å²) in [5.74, 6) is 0.691. The Balaban J connectivity index is 2.23. The summed E-state index contributed by atoms with van der Waals surface area (Å²) >= 11 is 0. The van der Waals surface area contributed by atoms with Gasteiger partial charge in [-0.25, -0.2) is 0 Å². The van der Waals surface area contributed by atoms with Crippen LogP contribution in [0.25, 0.3) is 0 Å². The van der Waals surface area contributed by atoms with E-state index in [-0.39, 0.29) is 5.91 Å². The molecule has 1 amide bonds. The molecule has 3 nitrogen and oxygen atoms in total. The lowest BCUT2D eigenvalue weighted by molar-refractivity contribution is -0.118. The smallest absolute Gasteiger partial charge is 0.218 e. The normalized spacial score (nSPS) is 27.9. The van der Waals surface area contributed by atoms with Crippen LogP contribution in [0.15, 0.2) is 0 Å². The molecule has 3 heteroatoms. The molecule has 1 fully saturated rings. The molecule has 0 aromatic rings. The maximum atomic E-state index is 10.6. The van der Waals surface area contributed by atoms with Gasteiger partial charge in [0, 0.05) is 19.0 Å². The molecule has 0 saturated heterocycles. The van der Waals surface area contributed by atoms with Gasteiger partial charge in [-0.3, -0.25) is 4.79 Å². The number of nitrogens with two attached hydrogens (primary N) is 1. The fourth-order valence-electron chi connectivity index (χ4n) is 2.15. The Bertz CT molecular complexity index is 186. The van der Waals surface area contributed by atoms with E-state index in [1.807, 2.05) is 0 Å². The van der Waals surface area contributed by atoms with E-state index < -0.39 is 0 Å². The predicted molar refractivity (Wildman–Crippen MR) is 57.9 cm³/mol. The molecule has 0 aromatic heterocycles. The Morgan fingerprint density at radius 1 is 1.36 bits per heavy atom. The van der Waals surface area contributed by atoms with Gasteiger partial charge < -0.3 is 10.6 Å². The summed E-state index contributed by atoms with van der Waals surface area (Å²) in [7, 11) is 2.10. The van der Waals surface area contributed by atoms with Gasteiger partial charge in [0.1, 0.15) is 0 Å². The van der Waals surface area contributed by atoms with Gasteiger partial charge in [0.25, 0.3) is 0 Å². The Labute approximate surface area is 86.6 Å². The van der Waals surface area contributed by atoms with Crippen LogP contribution >= 0.6 is 0 Å². The number of amides is 1. The lowest BCUT2D eigenvalue weighted by Crippen LogP contribution is -2.36. The molecule has 1 aliphatic carbocycles. The van der Waals surface area contributed by atoms with Crippen molar-refractivity contribution in [2.24, 2.45) is 11.7 Å². The molecular formula is C11H22N2O. The van der Waals surface area contributed by atoms with Crippen LogP contribution in [-0.2, 0) is 4.79 Å². The van der Waals surface area contributed by atoms with Crippen molar-refractivity contribution in [2.75, 3.05) is 13.6 Å². The Morgan fingerprint density at radius 2 is 1.93 bits per heavy atom. The predicted octanol–water partition coefficient (Wildman–Crippen LogP) is 1.37. The highest BCUT2D eigenvalue weighted by Crippen LogP contribution is 2.26. The number of hydrogen-bond acceptors (Lipinski definition) is 2. The average Bonchev–Trinajstić information content (AvgIpc) is 2.15. The zero-order valence-electron chi connectivity index (χ0n) is 9.33. The molecule has 0 aliphatic heterocycles. The molecular weight excluding hydrogens is 176 g/mol.